The van der Waals surface area contributed by atoms with Crippen LogP contribution in [-0.2, 0) is 15.1 Å². The highest BCUT2D eigenvalue weighted by Gasteiger charge is 2.40. The van der Waals surface area contributed by atoms with Crippen LogP contribution in [0, 0.1) is 0 Å². The molecule has 2 aromatic heterocycles. The van der Waals surface area contributed by atoms with E-state index in [1.54, 1.807) is 0 Å². The maximum absolute atomic E-state index is 13.5. The minimum Gasteiger partial charge on any atom is -0.356 e. The molecule has 2 aliphatic rings. The molecule has 1 N–H and O–H groups in total. The van der Waals surface area contributed by atoms with Gasteiger partial charge in [-0.15, -0.1) is 5.10 Å². The van der Waals surface area contributed by atoms with Crippen LogP contribution < -0.4 is 10.2 Å². The fraction of sp³-hybridized carbons (Fsp3) is 0.277. The Morgan fingerprint density at radius 3 is 2.12 bits per heavy atom. The number of piperidine rings is 1. The first kappa shape index (κ1) is 35.8. The van der Waals surface area contributed by atoms with Gasteiger partial charge in [0.05, 0.1) is 5.52 Å². The van der Waals surface area contributed by atoms with Gasteiger partial charge in [-0.1, -0.05) is 110 Å². The first-order valence-corrected chi connectivity index (χ1v) is 20.0. The summed E-state index contributed by atoms with van der Waals surface area (Å²) in [4.78, 5) is 20.5. The number of fused-ring (bicyclic) bond motifs is 1. The van der Waals surface area contributed by atoms with Gasteiger partial charge in [-0.25, -0.2) is 14.3 Å². The Bertz CT molecular complexity index is 2320. The number of nitrogens with zero attached hydrogens (tertiary/aromatic N) is 6. The lowest BCUT2D eigenvalue weighted by atomic mass is 9.77. The normalized spacial score (nSPS) is 17.5. The number of carbonyl (C=O) groups is 1. The Kier molecular flexibility index (Phi) is 10.0. The Hall–Kier alpha value is -5.90. The van der Waals surface area contributed by atoms with E-state index in [0.717, 1.165) is 95.3 Å². The maximum Gasteiger partial charge on any atom is 0.227 e. The summed E-state index contributed by atoms with van der Waals surface area (Å²) in [6.07, 6.45) is 7.21. The molecule has 0 bridgehead atoms. The van der Waals surface area contributed by atoms with Crippen molar-refractivity contribution in [1.82, 2.24) is 29.9 Å². The molecule has 2 atom stereocenters. The van der Waals surface area contributed by atoms with E-state index in [-0.39, 0.29) is 18.2 Å². The van der Waals surface area contributed by atoms with Gasteiger partial charge in [0, 0.05) is 47.8 Å². The van der Waals surface area contributed by atoms with E-state index in [4.69, 9.17) is 19.9 Å². The number of amides is 1. The lowest BCUT2D eigenvalue weighted by molar-refractivity contribution is -0.118. The number of rotatable bonds is 10. The predicted octanol–water partition coefficient (Wildman–Crippen LogP) is 9.00. The minimum atomic E-state index is -0.774. The second-order valence-electron chi connectivity index (χ2n) is 14.8. The van der Waals surface area contributed by atoms with Crippen LogP contribution >= 0.6 is 0 Å². The zero-order chi connectivity index (χ0) is 37.9. The standard InChI is InChI=1S/C47H47N7O2/c1-2-43(55)53(40-24-15-28-48-32-40)39-23-14-16-34(30-39)45-41-31-35(26-27-42(41)54(50-45)44-25-12-13-29-56-44)46-49-33-52(51-46)47(36-17-6-3-7-18-36,37-19-8-4-9-20-37)38-21-10-5-11-22-38/h3-11,14,16-23,26-27,30-31,33,40,44,48H,2,12-13,15,24-25,28-29,32H2,1H3. The smallest absolute Gasteiger partial charge is 0.227 e. The fourth-order valence-corrected chi connectivity index (χ4v) is 8.71. The molecule has 4 heterocycles. The Morgan fingerprint density at radius 2 is 1.50 bits per heavy atom. The van der Waals surface area contributed by atoms with Crippen molar-refractivity contribution in [2.45, 2.75) is 63.3 Å². The van der Waals surface area contributed by atoms with Gasteiger partial charge in [0.15, 0.2) is 12.1 Å². The zero-order valence-electron chi connectivity index (χ0n) is 31.8. The number of anilines is 1. The van der Waals surface area contributed by atoms with Gasteiger partial charge in [-0.3, -0.25) is 4.79 Å². The van der Waals surface area contributed by atoms with Crippen LogP contribution in [0.5, 0.6) is 0 Å². The molecule has 0 saturated carbocycles. The Balaban J connectivity index is 1.19. The molecule has 282 valence electrons. The van der Waals surface area contributed by atoms with Crippen LogP contribution in [0.25, 0.3) is 33.5 Å². The molecule has 0 spiro atoms. The van der Waals surface area contributed by atoms with Crippen LogP contribution in [-0.4, -0.2) is 56.2 Å². The van der Waals surface area contributed by atoms with Crippen LogP contribution in [0.3, 0.4) is 0 Å². The number of aromatic nitrogens is 5. The topological polar surface area (TPSA) is 90.1 Å². The quantitative estimate of drug-likeness (QED) is 0.141. The molecule has 0 aliphatic carbocycles. The molecular formula is C47H47N7O2. The van der Waals surface area contributed by atoms with E-state index in [0.29, 0.717) is 18.9 Å². The van der Waals surface area contributed by atoms with Crippen molar-refractivity contribution in [2.24, 2.45) is 0 Å². The lowest BCUT2D eigenvalue weighted by Gasteiger charge is -2.35. The second kappa shape index (κ2) is 15.7. The number of nitrogens with one attached hydrogen (secondary N) is 1. The predicted molar refractivity (Wildman–Crippen MR) is 221 cm³/mol. The number of hydrogen-bond donors (Lipinski definition) is 1. The summed E-state index contributed by atoms with van der Waals surface area (Å²) >= 11 is 0. The van der Waals surface area contributed by atoms with Crippen molar-refractivity contribution < 1.29 is 9.53 Å². The molecule has 2 unspecified atom stereocenters. The highest BCUT2D eigenvalue weighted by Crippen LogP contribution is 2.41. The SMILES string of the molecule is CCC(=O)N(c1cccc(-c2nn(C3CCCCO3)c3ccc(-c4ncn(C(c5ccccc5)(c5ccccc5)c5ccccc5)n4)cc23)c1)C1CCCNC1. The van der Waals surface area contributed by atoms with Gasteiger partial charge in [-0.2, -0.15) is 5.10 Å². The van der Waals surface area contributed by atoms with Crippen LogP contribution in [0.1, 0.15) is 68.4 Å². The Labute approximate surface area is 328 Å². The number of ether oxygens (including phenoxy) is 1. The fourth-order valence-electron chi connectivity index (χ4n) is 8.71. The molecule has 1 amide bonds. The molecule has 7 aromatic rings. The summed E-state index contributed by atoms with van der Waals surface area (Å²) in [5.41, 5.74) is 7.04. The highest BCUT2D eigenvalue weighted by atomic mass is 16.5. The van der Waals surface area contributed by atoms with E-state index in [9.17, 15) is 4.79 Å². The third kappa shape index (κ3) is 6.50. The first-order valence-electron chi connectivity index (χ1n) is 20.0. The highest BCUT2D eigenvalue weighted by molar-refractivity contribution is 5.98. The van der Waals surface area contributed by atoms with Crippen molar-refractivity contribution in [1.29, 1.82) is 0 Å². The molecule has 56 heavy (non-hydrogen) atoms. The first-order chi connectivity index (χ1) is 27.6. The van der Waals surface area contributed by atoms with Crippen molar-refractivity contribution in [3.8, 4) is 22.6 Å². The van der Waals surface area contributed by atoms with E-state index in [2.05, 4.69) is 119 Å². The molecule has 2 saturated heterocycles. The van der Waals surface area contributed by atoms with Crippen molar-refractivity contribution in [2.75, 3.05) is 24.6 Å². The summed E-state index contributed by atoms with van der Waals surface area (Å²) in [7, 11) is 0. The average Bonchev–Trinajstić information content (AvgIpc) is 3.92. The van der Waals surface area contributed by atoms with E-state index >= 15 is 0 Å². The summed E-state index contributed by atoms with van der Waals surface area (Å²) in [5.74, 6) is 0.744. The molecule has 9 rings (SSSR count). The second-order valence-corrected chi connectivity index (χ2v) is 14.8. The molecule has 0 radical (unpaired) electrons. The van der Waals surface area contributed by atoms with Gasteiger partial charge in [0.1, 0.15) is 17.6 Å². The summed E-state index contributed by atoms with van der Waals surface area (Å²) < 4.78 is 10.4. The van der Waals surface area contributed by atoms with Crippen LogP contribution in [0.4, 0.5) is 5.69 Å². The molecule has 2 fully saturated rings. The van der Waals surface area contributed by atoms with E-state index in [1.807, 2.05) is 47.1 Å². The van der Waals surface area contributed by atoms with Crippen molar-refractivity contribution in [3.63, 3.8) is 0 Å². The van der Waals surface area contributed by atoms with Crippen molar-refractivity contribution >= 4 is 22.5 Å². The molecule has 5 aromatic carbocycles. The molecule has 9 heteroatoms. The monoisotopic (exact) mass is 741 g/mol. The number of hydrogen-bond acceptors (Lipinski definition) is 6. The van der Waals surface area contributed by atoms with E-state index in [1.165, 1.54) is 0 Å². The lowest BCUT2D eigenvalue weighted by Crippen LogP contribution is -2.48. The van der Waals surface area contributed by atoms with Crippen LogP contribution in [0.15, 0.2) is 140 Å². The maximum atomic E-state index is 13.5. The summed E-state index contributed by atoms with van der Waals surface area (Å²) in [6, 6.07) is 46.4. The molecule has 2 aliphatic heterocycles. The van der Waals surface area contributed by atoms with Gasteiger partial charge in [0.2, 0.25) is 5.91 Å². The van der Waals surface area contributed by atoms with Gasteiger partial charge < -0.3 is 15.0 Å². The minimum absolute atomic E-state index is 0.110. The van der Waals surface area contributed by atoms with E-state index < -0.39 is 5.54 Å². The van der Waals surface area contributed by atoms with Gasteiger partial charge in [0.25, 0.3) is 0 Å². The number of benzene rings is 5. The summed E-state index contributed by atoms with van der Waals surface area (Å²) in [5, 5.41) is 15.1. The number of carbonyl (C=O) groups excluding carboxylic acids is 1. The molecular weight excluding hydrogens is 695 g/mol. The summed E-state index contributed by atoms with van der Waals surface area (Å²) in [6.45, 7) is 4.43. The van der Waals surface area contributed by atoms with Crippen molar-refractivity contribution in [3.05, 3.63) is 156 Å². The van der Waals surface area contributed by atoms with Gasteiger partial charge >= 0.3 is 0 Å². The zero-order valence-corrected chi connectivity index (χ0v) is 31.8. The van der Waals surface area contributed by atoms with Crippen LogP contribution in [0.2, 0.25) is 0 Å². The molecule has 9 nitrogen and oxygen atoms in total. The van der Waals surface area contributed by atoms with Gasteiger partial charge in [-0.05, 0) is 85.7 Å². The Morgan fingerprint density at radius 1 is 0.786 bits per heavy atom. The largest absolute Gasteiger partial charge is 0.356 e. The third-order valence-electron chi connectivity index (χ3n) is 11.4. The average molecular weight is 742 g/mol. The third-order valence-corrected chi connectivity index (χ3v) is 11.4.